The lowest BCUT2D eigenvalue weighted by Gasteiger charge is -2.29. The summed E-state index contributed by atoms with van der Waals surface area (Å²) in [4.78, 5) is 12.3. The van der Waals surface area contributed by atoms with Gasteiger partial charge >= 0.3 is 5.97 Å². The van der Waals surface area contributed by atoms with Crippen LogP contribution in [0.25, 0.3) is 0 Å². The first-order valence-electron chi connectivity index (χ1n) is 12.5. The van der Waals surface area contributed by atoms with Crippen LogP contribution in [0.4, 0.5) is 0 Å². The van der Waals surface area contributed by atoms with Gasteiger partial charge in [0.1, 0.15) is 18.3 Å². The first kappa shape index (κ1) is 31.0. The molecule has 0 heterocycles. The molecular weight excluding hydrogens is 412 g/mol. The van der Waals surface area contributed by atoms with E-state index in [4.69, 9.17) is 14.9 Å². The Hall–Kier alpha value is -0.990. The molecule has 0 spiro atoms. The lowest BCUT2D eigenvalue weighted by atomic mass is 10.0. The van der Waals surface area contributed by atoms with Crippen LogP contribution in [0.5, 0.6) is 0 Å². The SMILES string of the molecule is CCCCCCCC/C=C\CCCCCCC(C)C(=O)O[C@@H]([C@H](O)[C@@H](O)CO)[C@H](O)CO. The van der Waals surface area contributed by atoms with Crippen LogP contribution in [0.1, 0.15) is 97.3 Å². The summed E-state index contributed by atoms with van der Waals surface area (Å²) in [6.07, 6.45) is 13.2. The second-order valence-electron chi connectivity index (χ2n) is 8.81. The van der Waals surface area contributed by atoms with Crippen LogP contribution in [-0.2, 0) is 9.53 Å². The fourth-order valence-electron chi connectivity index (χ4n) is 3.52. The van der Waals surface area contributed by atoms with E-state index in [1.807, 2.05) is 0 Å². The molecule has 0 rings (SSSR count). The minimum atomic E-state index is -1.69. The number of carbonyl (C=O) groups excluding carboxylic acids is 1. The maximum absolute atomic E-state index is 12.3. The monoisotopic (exact) mass is 460 g/mol. The highest BCUT2D eigenvalue weighted by Gasteiger charge is 2.35. The Morgan fingerprint density at radius 1 is 0.781 bits per heavy atom. The zero-order chi connectivity index (χ0) is 24.2. The molecule has 5 N–H and O–H groups in total. The molecular formula is C25H48O7. The summed E-state index contributed by atoms with van der Waals surface area (Å²) < 4.78 is 5.14. The van der Waals surface area contributed by atoms with Crippen molar-refractivity contribution >= 4 is 5.97 Å². The summed E-state index contributed by atoms with van der Waals surface area (Å²) in [5.74, 6) is -1.04. The fourth-order valence-corrected chi connectivity index (χ4v) is 3.52. The van der Waals surface area contributed by atoms with E-state index in [0.29, 0.717) is 6.42 Å². The zero-order valence-electron chi connectivity index (χ0n) is 20.2. The maximum atomic E-state index is 12.3. The molecule has 0 aromatic heterocycles. The second-order valence-corrected chi connectivity index (χ2v) is 8.81. The third-order valence-corrected chi connectivity index (χ3v) is 5.79. The Kier molecular flexibility index (Phi) is 20.0. The molecule has 7 nitrogen and oxygen atoms in total. The van der Waals surface area contributed by atoms with Crippen LogP contribution in [-0.4, -0.2) is 69.1 Å². The van der Waals surface area contributed by atoms with Crippen LogP contribution in [0.3, 0.4) is 0 Å². The topological polar surface area (TPSA) is 127 Å². The molecule has 190 valence electrons. The number of carbonyl (C=O) groups is 1. The summed E-state index contributed by atoms with van der Waals surface area (Å²) in [5.41, 5.74) is 0. The number of rotatable bonds is 21. The normalized spacial score (nSPS) is 16.6. The Morgan fingerprint density at radius 2 is 1.28 bits per heavy atom. The number of unbranched alkanes of at least 4 members (excludes halogenated alkanes) is 10. The highest BCUT2D eigenvalue weighted by atomic mass is 16.6. The van der Waals surface area contributed by atoms with Gasteiger partial charge in [-0.2, -0.15) is 0 Å². The molecule has 0 aliphatic carbocycles. The number of hydrogen-bond donors (Lipinski definition) is 5. The van der Waals surface area contributed by atoms with Gasteiger partial charge in [0.05, 0.1) is 19.1 Å². The Balaban J connectivity index is 3.95. The summed E-state index contributed by atoms with van der Waals surface area (Å²) in [6.45, 7) is 2.45. The van der Waals surface area contributed by atoms with Crippen LogP contribution >= 0.6 is 0 Å². The van der Waals surface area contributed by atoms with E-state index in [9.17, 15) is 20.1 Å². The molecule has 0 aromatic carbocycles. The quantitative estimate of drug-likeness (QED) is 0.101. The number of ether oxygens (including phenoxy) is 1. The predicted octanol–water partition coefficient (Wildman–Crippen LogP) is 3.25. The smallest absolute Gasteiger partial charge is 0.309 e. The summed E-state index contributed by atoms with van der Waals surface area (Å²) in [6, 6.07) is 0. The molecule has 1 unspecified atom stereocenters. The van der Waals surface area contributed by atoms with Crippen LogP contribution < -0.4 is 0 Å². The molecule has 0 radical (unpaired) electrons. The van der Waals surface area contributed by atoms with Crippen molar-refractivity contribution in [2.45, 2.75) is 122 Å². The fraction of sp³-hybridized carbons (Fsp3) is 0.880. The average Bonchev–Trinajstić information content (AvgIpc) is 2.80. The Morgan fingerprint density at radius 3 is 1.81 bits per heavy atom. The molecule has 0 aliphatic rings. The number of esters is 1. The Labute approximate surface area is 194 Å². The molecule has 32 heavy (non-hydrogen) atoms. The highest BCUT2D eigenvalue weighted by Crippen LogP contribution is 2.17. The largest absolute Gasteiger partial charge is 0.456 e. The molecule has 0 fully saturated rings. The van der Waals surface area contributed by atoms with Gasteiger partial charge in [0, 0.05) is 0 Å². The number of allylic oxidation sites excluding steroid dienone is 2. The standard InChI is InChI=1S/C25H48O7/c1-3-4-5-6-7-8-9-10-11-12-13-14-15-16-17-20(2)25(31)32-24(22(29)19-27)23(30)21(28)18-26/h10-11,20-24,26-30H,3-9,12-19H2,1-2H3/b11-10-/t20?,21-,22+,23+,24+/m0/s1. The predicted molar refractivity (Wildman–Crippen MR) is 126 cm³/mol. The van der Waals surface area contributed by atoms with Crippen molar-refractivity contribution in [1.82, 2.24) is 0 Å². The van der Waals surface area contributed by atoms with Crippen molar-refractivity contribution in [3.05, 3.63) is 12.2 Å². The zero-order valence-corrected chi connectivity index (χ0v) is 20.2. The summed E-state index contributed by atoms with van der Waals surface area (Å²) >= 11 is 0. The van der Waals surface area contributed by atoms with Gasteiger partial charge in [-0.25, -0.2) is 0 Å². The molecule has 7 heteroatoms. The van der Waals surface area contributed by atoms with E-state index in [0.717, 1.165) is 32.1 Å². The Bertz CT molecular complexity index is 469. The maximum Gasteiger partial charge on any atom is 0.309 e. The lowest BCUT2D eigenvalue weighted by molar-refractivity contribution is -0.180. The molecule has 0 bridgehead atoms. The molecule has 0 saturated carbocycles. The van der Waals surface area contributed by atoms with Crippen molar-refractivity contribution in [1.29, 1.82) is 0 Å². The number of aliphatic hydroxyl groups excluding tert-OH is 5. The van der Waals surface area contributed by atoms with Gasteiger partial charge in [-0.1, -0.05) is 77.4 Å². The van der Waals surface area contributed by atoms with E-state index in [-0.39, 0.29) is 0 Å². The molecule has 0 aromatic rings. The highest BCUT2D eigenvalue weighted by molar-refractivity contribution is 5.72. The second kappa shape index (κ2) is 20.6. The van der Waals surface area contributed by atoms with Gasteiger partial charge in [-0.05, 0) is 32.1 Å². The third-order valence-electron chi connectivity index (χ3n) is 5.79. The van der Waals surface area contributed by atoms with Gasteiger partial charge in [-0.3, -0.25) is 4.79 Å². The van der Waals surface area contributed by atoms with Crippen molar-refractivity contribution in [2.24, 2.45) is 5.92 Å². The summed E-state index contributed by atoms with van der Waals surface area (Å²) in [7, 11) is 0. The van der Waals surface area contributed by atoms with E-state index in [1.165, 1.54) is 44.9 Å². The van der Waals surface area contributed by atoms with Crippen LogP contribution in [0.2, 0.25) is 0 Å². The van der Waals surface area contributed by atoms with E-state index < -0.39 is 49.5 Å². The van der Waals surface area contributed by atoms with E-state index in [2.05, 4.69) is 19.1 Å². The van der Waals surface area contributed by atoms with E-state index in [1.54, 1.807) is 6.92 Å². The van der Waals surface area contributed by atoms with Crippen LogP contribution in [0, 0.1) is 5.92 Å². The molecule has 0 amide bonds. The van der Waals surface area contributed by atoms with Gasteiger partial charge < -0.3 is 30.3 Å². The molecule has 5 atom stereocenters. The minimum Gasteiger partial charge on any atom is -0.456 e. The van der Waals surface area contributed by atoms with Gasteiger partial charge in [0.15, 0.2) is 6.10 Å². The minimum absolute atomic E-state index is 0.431. The number of hydrogen-bond acceptors (Lipinski definition) is 7. The van der Waals surface area contributed by atoms with Crippen molar-refractivity contribution in [3.63, 3.8) is 0 Å². The first-order chi connectivity index (χ1) is 15.4. The number of aliphatic hydroxyl groups is 5. The first-order valence-corrected chi connectivity index (χ1v) is 12.5. The van der Waals surface area contributed by atoms with Gasteiger partial charge in [0.2, 0.25) is 0 Å². The van der Waals surface area contributed by atoms with E-state index >= 15 is 0 Å². The average molecular weight is 461 g/mol. The van der Waals surface area contributed by atoms with Crippen molar-refractivity contribution < 1.29 is 35.1 Å². The van der Waals surface area contributed by atoms with Crippen LogP contribution in [0.15, 0.2) is 12.2 Å². The van der Waals surface area contributed by atoms with Gasteiger partial charge in [0.25, 0.3) is 0 Å². The molecule has 0 aliphatic heterocycles. The van der Waals surface area contributed by atoms with Crippen molar-refractivity contribution in [2.75, 3.05) is 13.2 Å². The third kappa shape index (κ3) is 15.0. The van der Waals surface area contributed by atoms with Crippen molar-refractivity contribution in [3.8, 4) is 0 Å². The lowest BCUT2D eigenvalue weighted by Crippen LogP contribution is -2.50. The summed E-state index contributed by atoms with van der Waals surface area (Å²) in [5, 5.41) is 47.3. The van der Waals surface area contributed by atoms with Gasteiger partial charge in [-0.15, -0.1) is 0 Å². The molecule has 0 saturated heterocycles.